The lowest BCUT2D eigenvalue weighted by Gasteiger charge is -2.34. The zero-order chi connectivity index (χ0) is 15.1. The largest absolute Gasteiger partial charge is 0.394 e. The molecule has 0 saturated carbocycles. The van der Waals surface area contributed by atoms with Crippen LogP contribution in [0.15, 0.2) is 18.2 Å². The SMILES string of the molecule is CNCc1ccc(N2CCC(OCCO)CC2)c(C#N)c1. The van der Waals surface area contributed by atoms with E-state index in [4.69, 9.17) is 9.84 Å². The zero-order valence-electron chi connectivity index (χ0n) is 12.5. The van der Waals surface area contributed by atoms with E-state index in [1.807, 2.05) is 19.2 Å². The van der Waals surface area contributed by atoms with E-state index < -0.39 is 0 Å². The van der Waals surface area contributed by atoms with Gasteiger partial charge in [0.1, 0.15) is 6.07 Å². The molecule has 1 heterocycles. The van der Waals surface area contributed by atoms with Gasteiger partial charge < -0.3 is 20.1 Å². The lowest BCUT2D eigenvalue weighted by molar-refractivity contribution is 0.0159. The van der Waals surface area contributed by atoms with Gasteiger partial charge in [-0.1, -0.05) is 6.07 Å². The van der Waals surface area contributed by atoms with Gasteiger partial charge in [0.05, 0.1) is 30.6 Å². The second kappa shape index (κ2) is 7.99. The van der Waals surface area contributed by atoms with Crippen molar-refractivity contribution in [3.8, 4) is 6.07 Å². The van der Waals surface area contributed by atoms with Crippen molar-refractivity contribution < 1.29 is 9.84 Å². The Morgan fingerprint density at radius 1 is 1.43 bits per heavy atom. The Balaban J connectivity index is 2.01. The molecule has 0 bridgehead atoms. The van der Waals surface area contributed by atoms with Crippen molar-refractivity contribution in [2.45, 2.75) is 25.5 Å². The number of anilines is 1. The summed E-state index contributed by atoms with van der Waals surface area (Å²) in [4.78, 5) is 2.25. The van der Waals surface area contributed by atoms with E-state index in [1.54, 1.807) is 0 Å². The summed E-state index contributed by atoms with van der Waals surface area (Å²) in [5, 5.41) is 21.2. The van der Waals surface area contributed by atoms with Gasteiger partial charge in [-0.2, -0.15) is 5.26 Å². The molecule has 5 heteroatoms. The van der Waals surface area contributed by atoms with Crippen molar-refractivity contribution in [2.24, 2.45) is 0 Å². The number of nitrogens with zero attached hydrogens (tertiary/aromatic N) is 2. The van der Waals surface area contributed by atoms with Crippen molar-refractivity contribution in [2.75, 3.05) is 38.3 Å². The highest BCUT2D eigenvalue weighted by Gasteiger charge is 2.21. The second-order valence-corrected chi connectivity index (χ2v) is 5.27. The molecular weight excluding hydrogens is 266 g/mol. The third kappa shape index (κ3) is 4.18. The van der Waals surface area contributed by atoms with E-state index in [1.165, 1.54) is 0 Å². The van der Waals surface area contributed by atoms with Crippen LogP contribution < -0.4 is 10.2 Å². The summed E-state index contributed by atoms with van der Waals surface area (Å²) in [7, 11) is 1.90. The molecule has 0 atom stereocenters. The topological polar surface area (TPSA) is 68.5 Å². The van der Waals surface area contributed by atoms with Gasteiger partial charge in [-0.15, -0.1) is 0 Å². The highest BCUT2D eigenvalue weighted by atomic mass is 16.5. The fourth-order valence-electron chi connectivity index (χ4n) is 2.75. The van der Waals surface area contributed by atoms with Crippen LogP contribution in [-0.2, 0) is 11.3 Å². The first-order valence-corrected chi connectivity index (χ1v) is 7.43. The third-order valence-corrected chi connectivity index (χ3v) is 3.79. The molecule has 1 aromatic rings. The van der Waals surface area contributed by atoms with Gasteiger partial charge >= 0.3 is 0 Å². The summed E-state index contributed by atoms with van der Waals surface area (Å²) in [5.41, 5.74) is 2.87. The van der Waals surface area contributed by atoms with Crippen LogP contribution in [0.5, 0.6) is 0 Å². The molecule has 1 aromatic carbocycles. The molecule has 114 valence electrons. The van der Waals surface area contributed by atoms with Gasteiger partial charge in [-0.3, -0.25) is 0 Å². The summed E-state index contributed by atoms with van der Waals surface area (Å²) in [6, 6.07) is 8.37. The van der Waals surface area contributed by atoms with E-state index in [0.29, 0.717) is 6.61 Å². The first-order valence-electron chi connectivity index (χ1n) is 7.43. The molecule has 0 spiro atoms. The average Bonchev–Trinajstić information content (AvgIpc) is 2.53. The van der Waals surface area contributed by atoms with Crippen molar-refractivity contribution >= 4 is 5.69 Å². The Morgan fingerprint density at radius 3 is 2.81 bits per heavy atom. The summed E-state index contributed by atoms with van der Waals surface area (Å²) in [6.07, 6.45) is 2.09. The molecule has 0 amide bonds. The Hall–Kier alpha value is -1.61. The van der Waals surface area contributed by atoms with Crippen molar-refractivity contribution in [3.63, 3.8) is 0 Å². The van der Waals surface area contributed by atoms with Gasteiger partial charge in [-0.25, -0.2) is 0 Å². The molecule has 0 radical (unpaired) electrons. The molecule has 1 fully saturated rings. The number of aliphatic hydroxyl groups excluding tert-OH is 1. The quantitative estimate of drug-likeness (QED) is 0.825. The van der Waals surface area contributed by atoms with Crippen molar-refractivity contribution in [3.05, 3.63) is 29.3 Å². The van der Waals surface area contributed by atoms with Crippen molar-refractivity contribution in [1.82, 2.24) is 5.32 Å². The molecule has 21 heavy (non-hydrogen) atoms. The number of hydrogen-bond donors (Lipinski definition) is 2. The maximum absolute atomic E-state index is 9.36. The summed E-state index contributed by atoms with van der Waals surface area (Å²) < 4.78 is 5.57. The highest BCUT2D eigenvalue weighted by Crippen LogP contribution is 2.25. The molecule has 1 aliphatic rings. The highest BCUT2D eigenvalue weighted by molar-refractivity contribution is 5.60. The Labute approximate surface area is 126 Å². The molecule has 0 aromatic heterocycles. The van der Waals surface area contributed by atoms with E-state index in [0.717, 1.165) is 49.3 Å². The van der Waals surface area contributed by atoms with E-state index in [9.17, 15) is 5.26 Å². The van der Waals surface area contributed by atoms with Gasteiger partial charge in [0, 0.05) is 19.6 Å². The summed E-state index contributed by atoms with van der Waals surface area (Å²) >= 11 is 0. The van der Waals surface area contributed by atoms with Gasteiger partial charge in [0.15, 0.2) is 0 Å². The maximum atomic E-state index is 9.36. The van der Waals surface area contributed by atoms with Crippen LogP contribution in [0.25, 0.3) is 0 Å². The summed E-state index contributed by atoms with van der Waals surface area (Å²) in [6.45, 7) is 3.02. The van der Waals surface area contributed by atoms with E-state index in [2.05, 4.69) is 22.4 Å². The number of benzene rings is 1. The minimum Gasteiger partial charge on any atom is -0.394 e. The van der Waals surface area contributed by atoms with Crippen LogP contribution in [0.1, 0.15) is 24.0 Å². The first kappa shape index (κ1) is 15.8. The van der Waals surface area contributed by atoms with Crippen LogP contribution in [0.2, 0.25) is 0 Å². The van der Waals surface area contributed by atoms with Crippen LogP contribution in [0.4, 0.5) is 5.69 Å². The monoisotopic (exact) mass is 289 g/mol. The van der Waals surface area contributed by atoms with Crippen LogP contribution >= 0.6 is 0 Å². The van der Waals surface area contributed by atoms with Gasteiger partial charge in [0.2, 0.25) is 0 Å². The fourth-order valence-corrected chi connectivity index (χ4v) is 2.75. The number of nitriles is 1. The van der Waals surface area contributed by atoms with Crippen LogP contribution in [0.3, 0.4) is 0 Å². The molecular formula is C16H23N3O2. The number of piperidine rings is 1. The number of ether oxygens (including phenoxy) is 1. The van der Waals surface area contributed by atoms with Crippen molar-refractivity contribution in [1.29, 1.82) is 5.26 Å². The Bertz CT molecular complexity index is 491. The first-order chi connectivity index (χ1) is 10.3. The number of rotatable bonds is 6. The Morgan fingerprint density at radius 2 is 2.19 bits per heavy atom. The number of aliphatic hydroxyl groups is 1. The number of hydrogen-bond acceptors (Lipinski definition) is 5. The van der Waals surface area contributed by atoms with E-state index >= 15 is 0 Å². The average molecular weight is 289 g/mol. The lowest BCUT2D eigenvalue weighted by atomic mass is 10.0. The maximum Gasteiger partial charge on any atom is 0.101 e. The van der Waals surface area contributed by atoms with Crippen LogP contribution in [-0.4, -0.2) is 44.6 Å². The van der Waals surface area contributed by atoms with Crippen LogP contribution in [0, 0.1) is 11.3 Å². The molecule has 5 nitrogen and oxygen atoms in total. The van der Waals surface area contributed by atoms with Gasteiger partial charge in [0.25, 0.3) is 0 Å². The predicted molar refractivity (Wildman–Crippen MR) is 82.2 cm³/mol. The zero-order valence-corrected chi connectivity index (χ0v) is 12.5. The molecule has 1 saturated heterocycles. The molecule has 1 aliphatic heterocycles. The second-order valence-electron chi connectivity index (χ2n) is 5.27. The Kier molecular flexibility index (Phi) is 6.00. The molecule has 2 rings (SSSR count). The fraction of sp³-hybridized carbons (Fsp3) is 0.562. The lowest BCUT2D eigenvalue weighted by Crippen LogP contribution is -2.37. The smallest absolute Gasteiger partial charge is 0.101 e. The predicted octanol–water partition coefficient (Wildman–Crippen LogP) is 1.26. The molecule has 0 aliphatic carbocycles. The number of nitrogens with one attached hydrogen (secondary N) is 1. The molecule has 2 N–H and O–H groups in total. The van der Waals surface area contributed by atoms with Gasteiger partial charge in [-0.05, 0) is 37.6 Å². The minimum atomic E-state index is 0.0751. The third-order valence-electron chi connectivity index (χ3n) is 3.79. The minimum absolute atomic E-state index is 0.0751. The summed E-state index contributed by atoms with van der Waals surface area (Å²) in [5.74, 6) is 0. The molecule has 0 unspecified atom stereocenters. The normalized spacial score (nSPS) is 16.0. The van der Waals surface area contributed by atoms with E-state index in [-0.39, 0.29) is 12.7 Å². The standard InChI is InChI=1S/C16H23N3O2/c1-18-12-13-2-3-16(14(10-13)11-17)19-6-4-15(5-7-19)21-9-8-20/h2-3,10,15,18,20H,4-9,12H2,1H3.